The van der Waals surface area contributed by atoms with Crippen LogP contribution >= 0.6 is 11.8 Å². The largest absolute Gasteiger partial charge is 0.389 e. The highest BCUT2D eigenvalue weighted by atomic mass is 32.2. The van der Waals surface area contributed by atoms with Crippen molar-refractivity contribution < 1.29 is 5.11 Å². The predicted molar refractivity (Wildman–Crippen MR) is 48.9 cm³/mol. The molecule has 1 N–H and O–H groups in total. The van der Waals surface area contributed by atoms with Gasteiger partial charge in [0.1, 0.15) is 0 Å². The standard InChI is InChI=1S/C9H12OS/c1-7(10)8-5-3-4-6-9(8)11-2/h3-7,10H,1-2H3. The summed E-state index contributed by atoms with van der Waals surface area (Å²) in [7, 11) is 0. The van der Waals surface area contributed by atoms with Gasteiger partial charge in [-0.3, -0.25) is 0 Å². The van der Waals surface area contributed by atoms with Crippen LogP contribution in [-0.2, 0) is 0 Å². The summed E-state index contributed by atoms with van der Waals surface area (Å²) in [4.78, 5) is 1.16. The molecule has 1 atom stereocenters. The Balaban J connectivity index is 3.02. The molecule has 0 heterocycles. The first-order chi connectivity index (χ1) is 5.25. The molecule has 1 nitrogen and oxygen atoms in total. The molecular weight excluding hydrogens is 156 g/mol. The third-order valence-corrected chi connectivity index (χ3v) is 2.40. The van der Waals surface area contributed by atoms with Gasteiger partial charge in [0, 0.05) is 4.90 Å². The van der Waals surface area contributed by atoms with E-state index in [0.29, 0.717) is 0 Å². The Bertz CT molecular complexity index is 233. The third kappa shape index (κ3) is 1.98. The summed E-state index contributed by atoms with van der Waals surface area (Å²) in [5.41, 5.74) is 1.01. The second-order valence-electron chi connectivity index (χ2n) is 2.42. The normalized spacial score (nSPS) is 13.0. The summed E-state index contributed by atoms with van der Waals surface area (Å²) < 4.78 is 0. The minimum atomic E-state index is -0.362. The van der Waals surface area contributed by atoms with Crippen molar-refractivity contribution in [2.75, 3.05) is 6.26 Å². The lowest BCUT2D eigenvalue weighted by Crippen LogP contribution is -1.92. The quantitative estimate of drug-likeness (QED) is 0.684. The van der Waals surface area contributed by atoms with Gasteiger partial charge in [-0.15, -0.1) is 11.8 Å². The van der Waals surface area contributed by atoms with E-state index in [1.807, 2.05) is 30.5 Å². The molecule has 1 rings (SSSR count). The molecule has 2 heteroatoms. The molecule has 0 fully saturated rings. The van der Waals surface area contributed by atoms with Gasteiger partial charge < -0.3 is 5.11 Å². The first-order valence-corrected chi connectivity index (χ1v) is 4.79. The van der Waals surface area contributed by atoms with E-state index in [2.05, 4.69) is 0 Å². The van der Waals surface area contributed by atoms with E-state index in [4.69, 9.17) is 0 Å². The van der Waals surface area contributed by atoms with Gasteiger partial charge in [0.2, 0.25) is 0 Å². The average molecular weight is 168 g/mol. The number of aliphatic hydroxyl groups excluding tert-OH is 1. The molecule has 0 saturated heterocycles. The SMILES string of the molecule is CSc1ccccc1C(C)O. The van der Waals surface area contributed by atoms with Gasteiger partial charge in [-0.05, 0) is 24.8 Å². The average Bonchev–Trinajstić information content (AvgIpc) is 2.04. The topological polar surface area (TPSA) is 20.2 Å². The predicted octanol–water partition coefficient (Wildman–Crippen LogP) is 2.46. The van der Waals surface area contributed by atoms with Crippen LogP contribution in [0.2, 0.25) is 0 Å². The highest BCUT2D eigenvalue weighted by Gasteiger charge is 2.04. The fourth-order valence-corrected chi connectivity index (χ4v) is 1.70. The summed E-state index contributed by atoms with van der Waals surface area (Å²) in [6.07, 6.45) is 1.65. The first kappa shape index (κ1) is 8.62. The van der Waals surface area contributed by atoms with Crippen LogP contribution in [-0.4, -0.2) is 11.4 Å². The number of thioether (sulfide) groups is 1. The smallest absolute Gasteiger partial charge is 0.0772 e. The van der Waals surface area contributed by atoms with Crippen LogP contribution in [0.25, 0.3) is 0 Å². The van der Waals surface area contributed by atoms with Gasteiger partial charge in [0.25, 0.3) is 0 Å². The molecule has 0 amide bonds. The van der Waals surface area contributed by atoms with Gasteiger partial charge in [-0.2, -0.15) is 0 Å². The van der Waals surface area contributed by atoms with Gasteiger partial charge in [0.15, 0.2) is 0 Å². The van der Waals surface area contributed by atoms with Crippen LogP contribution in [0, 0.1) is 0 Å². The van der Waals surface area contributed by atoms with Crippen LogP contribution < -0.4 is 0 Å². The van der Waals surface area contributed by atoms with Crippen LogP contribution in [0.1, 0.15) is 18.6 Å². The van der Waals surface area contributed by atoms with Crippen molar-refractivity contribution >= 4 is 11.8 Å². The zero-order chi connectivity index (χ0) is 8.27. The Morgan fingerprint density at radius 3 is 2.45 bits per heavy atom. The Kier molecular flexibility index (Phi) is 2.97. The Morgan fingerprint density at radius 1 is 1.36 bits per heavy atom. The zero-order valence-corrected chi connectivity index (χ0v) is 7.56. The highest BCUT2D eigenvalue weighted by molar-refractivity contribution is 7.98. The Labute approximate surface area is 71.4 Å². The molecule has 60 valence electrons. The van der Waals surface area contributed by atoms with E-state index >= 15 is 0 Å². The number of rotatable bonds is 2. The number of hydrogen-bond acceptors (Lipinski definition) is 2. The van der Waals surface area contributed by atoms with Crippen molar-refractivity contribution in [3.63, 3.8) is 0 Å². The van der Waals surface area contributed by atoms with Crippen LogP contribution in [0.5, 0.6) is 0 Å². The van der Waals surface area contributed by atoms with Crippen LogP contribution in [0.4, 0.5) is 0 Å². The molecule has 1 unspecified atom stereocenters. The summed E-state index contributed by atoms with van der Waals surface area (Å²) in [6.45, 7) is 1.79. The monoisotopic (exact) mass is 168 g/mol. The van der Waals surface area contributed by atoms with Gasteiger partial charge in [-0.25, -0.2) is 0 Å². The van der Waals surface area contributed by atoms with Crippen molar-refractivity contribution in [3.8, 4) is 0 Å². The molecule has 1 aromatic rings. The number of benzene rings is 1. The maximum atomic E-state index is 9.32. The third-order valence-electron chi connectivity index (χ3n) is 1.59. The first-order valence-electron chi connectivity index (χ1n) is 3.56. The van der Waals surface area contributed by atoms with Crippen molar-refractivity contribution in [2.24, 2.45) is 0 Å². The summed E-state index contributed by atoms with van der Waals surface area (Å²) in [6, 6.07) is 7.91. The minimum Gasteiger partial charge on any atom is -0.389 e. The molecule has 0 aliphatic carbocycles. The molecule has 0 spiro atoms. The van der Waals surface area contributed by atoms with Gasteiger partial charge in [0.05, 0.1) is 6.10 Å². The summed E-state index contributed by atoms with van der Waals surface area (Å²) >= 11 is 1.66. The van der Waals surface area contributed by atoms with E-state index in [9.17, 15) is 5.11 Å². The van der Waals surface area contributed by atoms with Crippen LogP contribution in [0.15, 0.2) is 29.2 Å². The molecule has 11 heavy (non-hydrogen) atoms. The highest BCUT2D eigenvalue weighted by Crippen LogP contribution is 2.24. The lowest BCUT2D eigenvalue weighted by Gasteiger charge is -2.08. The molecule has 0 aliphatic rings. The van der Waals surface area contributed by atoms with Crippen molar-refractivity contribution in [2.45, 2.75) is 17.9 Å². The molecular formula is C9H12OS. The number of hydrogen-bond donors (Lipinski definition) is 1. The van der Waals surface area contributed by atoms with Gasteiger partial charge in [-0.1, -0.05) is 18.2 Å². The molecule has 0 aromatic heterocycles. The molecule has 0 saturated carbocycles. The second kappa shape index (κ2) is 3.79. The maximum Gasteiger partial charge on any atom is 0.0772 e. The lowest BCUT2D eigenvalue weighted by molar-refractivity contribution is 0.196. The zero-order valence-electron chi connectivity index (χ0n) is 6.74. The molecule has 0 aliphatic heterocycles. The van der Waals surface area contributed by atoms with E-state index in [0.717, 1.165) is 10.5 Å². The van der Waals surface area contributed by atoms with E-state index in [1.165, 1.54) is 0 Å². The Hall–Kier alpha value is -0.470. The second-order valence-corrected chi connectivity index (χ2v) is 3.27. The Morgan fingerprint density at radius 2 is 2.00 bits per heavy atom. The maximum absolute atomic E-state index is 9.32. The fraction of sp³-hybridized carbons (Fsp3) is 0.333. The van der Waals surface area contributed by atoms with Crippen molar-refractivity contribution in [1.29, 1.82) is 0 Å². The summed E-state index contributed by atoms with van der Waals surface area (Å²) in [5.74, 6) is 0. The van der Waals surface area contributed by atoms with E-state index in [1.54, 1.807) is 18.7 Å². The molecule has 0 radical (unpaired) electrons. The summed E-state index contributed by atoms with van der Waals surface area (Å²) in [5, 5.41) is 9.32. The fourth-order valence-electron chi connectivity index (χ4n) is 1.01. The minimum absolute atomic E-state index is 0.362. The van der Waals surface area contributed by atoms with Gasteiger partial charge >= 0.3 is 0 Å². The lowest BCUT2D eigenvalue weighted by atomic mass is 10.1. The van der Waals surface area contributed by atoms with Crippen LogP contribution in [0.3, 0.4) is 0 Å². The van der Waals surface area contributed by atoms with E-state index < -0.39 is 0 Å². The molecule has 0 bridgehead atoms. The number of aliphatic hydroxyl groups is 1. The van der Waals surface area contributed by atoms with Crippen molar-refractivity contribution in [1.82, 2.24) is 0 Å². The molecule has 1 aromatic carbocycles. The van der Waals surface area contributed by atoms with Crippen molar-refractivity contribution in [3.05, 3.63) is 29.8 Å². The van der Waals surface area contributed by atoms with E-state index in [-0.39, 0.29) is 6.10 Å².